The number of rotatable bonds is 8. The third kappa shape index (κ3) is 8.13. The van der Waals surface area contributed by atoms with Gasteiger partial charge in [-0.25, -0.2) is 4.98 Å². The van der Waals surface area contributed by atoms with Crippen molar-refractivity contribution in [3.63, 3.8) is 0 Å². The van der Waals surface area contributed by atoms with E-state index < -0.39 is 0 Å². The highest BCUT2D eigenvalue weighted by Gasteiger charge is 2.15. The first-order chi connectivity index (χ1) is 14.2. The molecule has 0 aliphatic carbocycles. The monoisotopic (exact) mass is 542 g/mol. The number of benzene rings is 1. The molecule has 1 aliphatic heterocycles. The number of hydrogen-bond acceptors (Lipinski definition) is 5. The van der Waals surface area contributed by atoms with Crippen LogP contribution in [0.4, 0.5) is 0 Å². The predicted molar refractivity (Wildman–Crippen MR) is 138 cm³/mol. The normalized spacial score (nSPS) is 15.6. The summed E-state index contributed by atoms with van der Waals surface area (Å²) < 4.78 is 0. The van der Waals surface area contributed by atoms with Gasteiger partial charge in [0.2, 0.25) is 0 Å². The molecule has 2 aromatic rings. The molecule has 3 rings (SSSR count). The molecule has 1 aromatic carbocycles. The van der Waals surface area contributed by atoms with Crippen molar-refractivity contribution in [2.45, 2.75) is 33.4 Å². The number of hydrogen-bond donors (Lipinski definition) is 2. The molecule has 166 valence electrons. The molecule has 8 heteroatoms. The highest BCUT2D eigenvalue weighted by atomic mass is 127. The second-order valence-corrected chi connectivity index (χ2v) is 8.55. The Morgan fingerprint density at radius 3 is 2.33 bits per heavy atom. The van der Waals surface area contributed by atoms with Crippen LogP contribution >= 0.6 is 35.3 Å². The Morgan fingerprint density at radius 2 is 1.73 bits per heavy atom. The van der Waals surface area contributed by atoms with E-state index in [4.69, 9.17) is 0 Å². The third-order valence-electron chi connectivity index (χ3n) is 5.37. The van der Waals surface area contributed by atoms with Gasteiger partial charge in [0.15, 0.2) is 5.96 Å². The zero-order valence-corrected chi connectivity index (χ0v) is 21.5. The average molecular weight is 543 g/mol. The summed E-state index contributed by atoms with van der Waals surface area (Å²) in [4.78, 5) is 13.9. The van der Waals surface area contributed by atoms with Crippen molar-refractivity contribution in [2.24, 2.45) is 4.99 Å². The summed E-state index contributed by atoms with van der Waals surface area (Å²) in [6.45, 7) is 12.8. The molecule has 0 unspecified atom stereocenters. The molecule has 0 bridgehead atoms. The summed E-state index contributed by atoms with van der Waals surface area (Å²) in [5, 5.41) is 10.0. The molecular formula is C22H35IN6S. The number of nitrogens with zero attached hydrogens (tertiary/aromatic N) is 4. The Labute approximate surface area is 202 Å². The van der Waals surface area contributed by atoms with E-state index in [9.17, 15) is 0 Å². The van der Waals surface area contributed by atoms with E-state index in [0.29, 0.717) is 0 Å². The maximum Gasteiger partial charge on any atom is 0.191 e. The van der Waals surface area contributed by atoms with Gasteiger partial charge in [0.1, 0.15) is 0 Å². The Bertz CT molecular complexity index is 768. The van der Waals surface area contributed by atoms with Crippen LogP contribution in [0.2, 0.25) is 0 Å². The molecule has 0 radical (unpaired) electrons. The van der Waals surface area contributed by atoms with Gasteiger partial charge in [-0.1, -0.05) is 31.2 Å². The summed E-state index contributed by atoms with van der Waals surface area (Å²) in [7, 11) is 1.81. The summed E-state index contributed by atoms with van der Waals surface area (Å²) in [6, 6.07) is 8.94. The van der Waals surface area contributed by atoms with Gasteiger partial charge < -0.3 is 15.5 Å². The first-order valence-electron chi connectivity index (χ1n) is 10.5. The maximum absolute atomic E-state index is 4.50. The van der Waals surface area contributed by atoms with E-state index in [1.54, 1.807) is 11.3 Å². The van der Waals surface area contributed by atoms with Gasteiger partial charge in [-0.15, -0.1) is 35.3 Å². The first-order valence-corrected chi connectivity index (χ1v) is 11.4. The molecule has 0 atom stereocenters. The fourth-order valence-corrected chi connectivity index (χ4v) is 4.17. The maximum atomic E-state index is 4.50. The Morgan fingerprint density at radius 1 is 1.07 bits per heavy atom. The van der Waals surface area contributed by atoms with Crippen LogP contribution in [-0.2, 0) is 19.5 Å². The van der Waals surface area contributed by atoms with Crippen molar-refractivity contribution in [1.82, 2.24) is 25.4 Å². The van der Waals surface area contributed by atoms with E-state index in [1.165, 1.54) is 37.3 Å². The van der Waals surface area contributed by atoms with E-state index >= 15 is 0 Å². The fourth-order valence-electron chi connectivity index (χ4n) is 3.52. The van der Waals surface area contributed by atoms with Crippen LogP contribution in [0.25, 0.3) is 0 Å². The van der Waals surface area contributed by atoms with Crippen LogP contribution in [0.1, 0.15) is 28.8 Å². The number of aryl methyl sites for hydroxylation is 1. The number of guanidine groups is 1. The molecule has 1 aliphatic rings. The minimum atomic E-state index is 0. The van der Waals surface area contributed by atoms with Crippen molar-refractivity contribution in [3.8, 4) is 0 Å². The molecule has 1 fully saturated rings. The fraction of sp³-hybridized carbons (Fsp3) is 0.545. The molecule has 1 aromatic heterocycles. The number of piperazine rings is 1. The standard InChI is InChI=1S/C22H34N6S.HI/c1-4-27-11-13-28(14-12-27)16-20-7-5-19(6-8-20)15-25-22(23-3)24-10-9-21-17-29-18(2)26-21;/h5-8,17H,4,9-16H2,1-3H3,(H2,23,24,25);1H. The molecule has 0 saturated carbocycles. The zero-order chi connectivity index (χ0) is 20.5. The number of likely N-dealkylation sites (N-methyl/N-ethyl adjacent to an activating group) is 1. The van der Waals surface area contributed by atoms with Gasteiger partial charge >= 0.3 is 0 Å². The average Bonchev–Trinajstić information content (AvgIpc) is 3.17. The molecule has 2 N–H and O–H groups in total. The van der Waals surface area contributed by atoms with E-state index in [2.05, 4.69) is 67.0 Å². The topological polar surface area (TPSA) is 55.8 Å². The second-order valence-electron chi connectivity index (χ2n) is 7.49. The lowest BCUT2D eigenvalue weighted by molar-refractivity contribution is 0.132. The minimum absolute atomic E-state index is 0. The van der Waals surface area contributed by atoms with Crippen molar-refractivity contribution in [1.29, 1.82) is 0 Å². The van der Waals surface area contributed by atoms with Gasteiger partial charge in [0.25, 0.3) is 0 Å². The molecule has 2 heterocycles. The summed E-state index contributed by atoms with van der Waals surface area (Å²) in [5.41, 5.74) is 3.80. The highest BCUT2D eigenvalue weighted by Crippen LogP contribution is 2.10. The second kappa shape index (κ2) is 13.2. The number of nitrogens with one attached hydrogen (secondary N) is 2. The lowest BCUT2D eigenvalue weighted by Gasteiger charge is -2.34. The van der Waals surface area contributed by atoms with E-state index in [0.717, 1.165) is 49.3 Å². The number of thiazole rings is 1. The van der Waals surface area contributed by atoms with Crippen molar-refractivity contribution in [2.75, 3.05) is 46.3 Å². The summed E-state index contributed by atoms with van der Waals surface area (Å²) >= 11 is 1.70. The molecule has 0 spiro atoms. The lowest BCUT2D eigenvalue weighted by Crippen LogP contribution is -2.45. The lowest BCUT2D eigenvalue weighted by atomic mass is 10.1. The molecule has 0 amide bonds. The van der Waals surface area contributed by atoms with Gasteiger partial charge in [0.05, 0.1) is 10.7 Å². The minimum Gasteiger partial charge on any atom is -0.356 e. The van der Waals surface area contributed by atoms with Crippen molar-refractivity contribution >= 4 is 41.3 Å². The SMILES string of the molecule is CCN1CCN(Cc2ccc(CNC(=NC)NCCc3csc(C)n3)cc2)CC1.I. The number of halogens is 1. The number of aliphatic imine (C=N–C) groups is 1. The van der Waals surface area contributed by atoms with E-state index in [-0.39, 0.29) is 24.0 Å². The summed E-state index contributed by atoms with van der Waals surface area (Å²) in [6.07, 6.45) is 0.909. The predicted octanol–water partition coefficient (Wildman–Crippen LogP) is 3.11. The van der Waals surface area contributed by atoms with Crippen LogP contribution < -0.4 is 10.6 Å². The Hall–Kier alpha value is -1.23. The van der Waals surface area contributed by atoms with Crippen molar-refractivity contribution < 1.29 is 0 Å². The van der Waals surface area contributed by atoms with Gasteiger partial charge in [0, 0.05) is 64.7 Å². The Kier molecular flexibility index (Phi) is 11.0. The van der Waals surface area contributed by atoms with E-state index in [1.807, 2.05) is 14.0 Å². The molecule has 1 saturated heterocycles. The summed E-state index contributed by atoms with van der Waals surface area (Å²) in [5.74, 6) is 0.829. The van der Waals surface area contributed by atoms with Gasteiger partial charge in [-0.2, -0.15) is 0 Å². The largest absolute Gasteiger partial charge is 0.356 e. The molecule has 30 heavy (non-hydrogen) atoms. The smallest absolute Gasteiger partial charge is 0.191 e. The van der Waals surface area contributed by atoms with Crippen LogP contribution in [0.5, 0.6) is 0 Å². The first kappa shape index (κ1) is 25.0. The van der Waals surface area contributed by atoms with Crippen LogP contribution in [0, 0.1) is 6.92 Å². The number of aromatic nitrogens is 1. The quantitative estimate of drug-likeness (QED) is 0.305. The highest BCUT2D eigenvalue weighted by molar-refractivity contribution is 14.0. The van der Waals surface area contributed by atoms with Gasteiger partial charge in [-0.3, -0.25) is 9.89 Å². The van der Waals surface area contributed by atoms with Crippen molar-refractivity contribution in [3.05, 3.63) is 51.5 Å². The Balaban J connectivity index is 0.00000320. The molecule has 6 nitrogen and oxygen atoms in total. The van der Waals surface area contributed by atoms with Crippen LogP contribution in [0.15, 0.2) is 34.6 Å². The third-order valence-corrected chi connectivity index (χ3v) is 6.19. The zero-order valence-electron chi connectivity index (χ0n) is 18.4. The van der Waals surface area contributed by atoms with Crippen LogP contribution in [0.3, 0.4) is 0 Å². The van der Waals surface area contributed by atoms with Crippen LogP contribution in [-0.4, -0.2) is 67.1 Å². The molecular weight excluding hydrogens is 507 g/mol. The van der Waals surface area contributed by atoms with Gasteiger partial charge in [-0.05, 0) is 24.6 Å².